The smallest absolute Gasteiger partial charge is 0.262 e. The van der Waals surface area contributed by atoms with Gasteiger partial charge in [-0.15, -0.1) is 11.3 Å². The minimum Gasteiger partial charge on any atom is -0.369 e. The average molecular weight is 386 g/mol. The van der Waals surface area contributed by atoms with Crippen molar-refractivity contribution in [2.75, 3.05) is 5.73 Å². The average Bonchev–Trinajstić information content (AvgIpc) is 2.90. The molecule has 1 aliphatic carbocycles. The molecule has 4 rings (SSSR count). The zero-order valence-electron chi connectivity index (χ0n) is 14.8. The lowest BCUT2D eigenvalue weighted by Gasteiger charge is -2.35. The van der Waals surface area contributed by atoms with Crippen molar-refractivity contribution in [3.05, 3.63) is 49.2 Å². The number of carbonyl (C=O) groups is 1. The molecule has 0 radical (unpaired) electrons. The second-order valence-corrected chi connectivity index (χ2v) is 7.79. The first-order chi connectivity index (χ1) is 12.8. The van der Waals surface area contributed by atoms with Gasteiger partial charge in [0.1, 0.15) is 4.83 Å². The van der Waals surface area contributed by atoms with Gasteiger partial charge >= 0.3 is 0 Å². The second-order valence-electron chi connectivity index (χ2n) is 6.79. The van der Waals surface area contributed by atoms with Gasteiger partial charge in [0.2, 0.25) is 5.95 Å². The normalized spacial score (nSPS) is 19.0. The summed E-state index contributed by atoms with van der Waals surface area (Å²) < 4.78 is 1.40. The molecule has 0 aliphatic heterocycles. The number of rotatable bonds is 3. The van der Waals surface area contributed by atoms with E-state index in [1.165, 1.54) is 28.3 Å². The summed E-state index contributed by atoms with van der Waals surface area (Å²) in [6.45, 7) is 1.77. The van der Waals surface area contributed by atoms with Crippen LogP contribution < -0.4 is 22.2 Å². The van der Waals surface area contributed by atoms with Gasteiger partial charge in [0.15, 0.2) is 0 Å². The predicted molar refractivity (Wildman–Crippen MR) is 102 cm³/mol. The minimum atomic E-state index is -0.278. The van der Waals surface area contributed by atoms with Crippen LogP contribution in [0.2, 0.25) is 0 Å². The fourth-order valence-corrected chi connectivity index (χ4v) is 4.40. The van der Waals surface area contributed by atoms with Crippen LogP contribution >= 0.6 is 11.3 Å². The number of aromatic amines is 1. The minimum absolute atomic E-state index is 0.00906. The number of nitrogens with one attached hydrogen (secondary N) is 2. The molecule has 0 saturated heterocycles. The van der Waals surface area contributed by atoms with Gasteiger partial charge in [-0.25, -0.2) is 9.97 Å². The molecule has 27 heavy (non-hydrogen) atoms. The molecule has 3 aromatic heterocycles. The fourth-order valence-electron chi connectivity index (χ4n) is 3.36. The maximum Gasteiger partial charge on any atom is 0.262 e. The van der Waals surface area contributed by atoms with Crippen LogP contribution in [0.3, 0.4) is 0 Å². The van der Waals surface area contributed by atoms with Crippen molar-refractivity contribution in [2.45, 2.75) is 31.7 Å². The highest BCUT2D eigenvalue weighted by Crippen LogP contribution is 2.36. The quantitative estimate of drug-likeness (QED) is 0.604. The fraction of sp³-hybridized carbons (Fsp3) is 0.353. The lowest BCUT2D eigenvalue weighted by molar-refractivity contribution is 0.0912. The molecule has 10 heteroatoms. The SMILES string of the molecule is Cc1c(C(=O)NC2CC(c3cc(=O)[nH]c(N)n3)C2)sc2ncn(C)c(=O)c12. The van der Waals surface area contributed by atoms with Gasteiger partial charge in [0, 0.05) is 25.1 Å². The van der Waals surface area contributed by atoms with E-state index in [1.807, 2.05) is 0 Å². The van der Waals surface area contributed by atoms with E-state index >= 15 is 0 Å². The predicted octanol–water partition coefficient (Wildman–Crippen LogP) is 0.645. The molecule has 0 atom stereocenters. The third kappa shape index (κ3) is 3.01. The summed E-state index contributed by atoms with van der Waals surface area (Å²) in [4.78, 5) is 48.3. The number of aryl methyl sites for hydroxylation is 2. The summed E-state index contributed by atoms with van der Waals surface area (Å²) >= 11 is 1.22. The zero-order valence-corrected chi connectivity index (χ0v) is 15.6. The van der Waals surface area contributed by atoms with E-state index in [0.717, 1.165) is 0 Å². The van der Waals surface area contributed by atoms with Gasteiger partial charge in [-0.05, 0) is 25.3 Å². The summed E-state index contributed by atoms with van der Waals surface area (Å²) in [5.74, 6) is -0.0169. The van der Waals surface area contributed by atoms with Crippen LogP contribution in [-0.2, 0) is 7.05 Å². The van der Waals surface area contributed by atoms with Crippen molar-refractivity contribution in [1.29, 1.82) is 0 Å². The Morgan fingerprint density at radius 3 is 2.85 bits per heavy atom. The number of amides is 1. The number of aromatic nitrogens is 4. The van der Waals surface area contributed by atoms with Crippen molar-refractivity contribution in [3.63, 3.8) is 0 Å². The van der Waals surface area contributed by atoms with Crippen molar-refractivity contribution in [3.8, 4) is 0 Å². The number of carbonyl (C=O) groups excluding carboxylic acids is 1. The third-order valence-corrected chi connectivity index (χ3v) is 6.09. The Morgan fingerprint density at radius 2 is 2.15 bits per heavy atom. The number of fused-ring (bicyclic) bond motifs is 1. The summed E-state index contributed by atoms with van der Waals surface area (Å²) in [5, 5.41) is 3.48. The number of hydrogen-bond donors (Lipinski definition) is 3. The largest absolute Gasteiger partial charge is 0.369 e. The van der Waals surface area contributed by atoms with Crippen LogP contribution in [0.4, 0.5) is 5.95 Å². The van der Waals surface area contributed by atoms with Crippen molar-refractivity contribution in [1.82, 2.24) is 24.8 Å². The Hall–Kier alpha value is -3.01. The van der Waals surface area contributed by atoms with Crippen LogP contribution in [0.15, 0.2) is 22.0 Å². The van der Waals surface area contributed by atoms with E-state index < -0.39 is 0 Å². The molecular weight excluding hydrogens is 368 g/mol. The van der Waals surface area contributed by atoms with Crippen molar-refractivity contribution < 1.29 is 4.79 Å². The Bertz CT molecular complexity index is 1170. The highest BCUT2D eigenvalue weighted by molar-refractivity contribution is 7.20. The first-order valence-corrected chi connectivity index (χ1v) is 9.27. The van der Waals surface area contributed by atoms with Gasteiger partial charge in [0.05, 0.1) is 22.3 Å². The van der Waals surface area contributed by atoms with E-state index in [1.54, 1.807) is 14.0 Å². The lowest BCUT2D eigenvalue weighted by Crippen LogP contribution is -2.43. The molecule has 3 aromatic rings. The molecule has 1 fully saturated rings. The van der Waals surface area contributed by atoms with Crippen LogP contribution in [-0.4, -0.2) is 31.5 Å². The number of hydrogen-bond acceptors (Lipinski definition) is 7. The summed E-state index contributed by atoms with van der Waals surface area (Å²) in [6.07, 6.45) is 2.83. The highest BCUT2D eigenvalue weighted by Gasteiger charge is 2.33. The zero-order chi connectivity index (χ0) is 19.3. The van der Waals surface area contributed by atoms with Gasteiger partial charge < -0.3 is 15.6 Å². The molecule has 4 N–H and O–H groups in total. The van der Waals surface area contributed by atoms with Crippen LogP contribution in [0.1, 0.15) is 39.7 Å². The standard InChI is InChI=1S/C17H18N6O3S/c1-7-12-15(19-6-23(2)16(12)26)27-13(7)14(25)20-9-3-8(4-9)10-5-11(24)22-17(18)21-10/h5-6,8-9H,3-4H2,1-2H3,(H,20,25)(H3,18,21,22,24). The molecule has 0 unspecified atom stereocenters. The summed E-state index contributed by atoms with van der Waals surface area (Å²) in [7, 11) is 1.63. The number of thiophene rings is 1. The molecule has 140 valence electrons. The first-order valence-electron chi connectivity index (χ1n) is 8.46. The molecule has 0 aromatic carbocycles. The molecule has 1 amide bonds. The molecule has 1 aliphatic rings. The van der Waals surface area contributed by atoms with E-state index in [2.05, 4.69) is 20.3 Å². The van der Waals surface area contributed by atoms with Crippen molar-refractivity contribution >= 4 is 33.4 Å². The monoisotopic (exact) mass is 386 g/mol. The summed E-state index contributed by atoms with van der Waals surface area (Å²) in [6, 6.07) is 1.43. The van der Waals surface area contributed by atoms with Gasteiger partial charge in [-0.3, -0.25) is 19.4 Å². The first kappa shape index (κ1) is 17.4. The highest BCUT2D eigenvalue weighted by atomic mass is 32.1. The Morgan fingerprint density at radius 1 is 1.41 bits per heavy atom. The summed E-state index contributed by atoms with van der Waals surface area (Å²) in [5.41, 5.74) is 6.44. The Kier molecular flexibility index (Phi) is 4.06. The van der Waals surface area contributed by atoms with E-state index in [9.17, 15) is 14.4 Å². The van der Waals surface area contributed by atoms with Crippen LogP contribution in [0, 0.1) is 6.92 Å². The molecule has 9 nitrogen and oxygen atoms in total. The van der Waals surface area contributed by atoms with Gasteiger partial charge in [0.25, 0.3) is 17.0 Å². The molecule has 0 spiro atoms. The molecule has 3 heterocycles. The number of anilines is 1. The van der Waals surface area contributed by atoms with E-state index in [-0.39, 0.29) is 34.9 Å². The molecular formula is C17H18N6O3S. The number of H-pyrrole nitrogens is 1. The molecule has 1 saturated carbocycles. The van der Waals surface area contributed by atoms with Crippen LogP contribution in [0.5, 0.6) is 0 Å². The lowest BCUT2D eigenvalue weighted by atomic mass is 9.78. The topological polar surface area (TPSA) is 136 Å². The number of nitrogens with zero attached hydrogens (tertiary/aromatic N) is 3. The Balaban J connectivity index is 1.49. The maximum atomic E-state index is 12.7. The third-order valence-electron chi connectivity index (χ3n) is 4.89. The van der Waals surface area contributed by atoms with E-state index in [0.29, 0.717) is 39.2 Å². The molecule has 0 bridgehead atoms. The van der Waals surface area contributed by atoms with E-state index in [4.69, 9.17) is 5.73 Å². The number of nitrogens with two attached hydrogens (primary N) is 1. The maximum absolute atomic E-state index is 12.7. The van der Waals surface area contributed by atoms with Gasteiger partial charge in [-0.1, -0.05) is 0 Å². The second kappa shape index (κ2) is 6.31. The van der Waals surface area contributed by atoms with Crippen LogP contribution in [0.25, 0.3) is 10.2 Å². The van der Waals surface area contributed by atoms with Crippen molar-refractivity contribution in [2.24, 2.45) is 7.05 Å². The van der Waals surface area contributed by atoms with Gasteiger partial charge in [-0.2, -0.15) is 0 Å². The number of nitrogen functional groups attached to an aromatic ring is 1. The Labute approximate surface area is 157 Å².